The Hall–Kier alpha value is -8.63. The summed E-state index contributed by atoms with van der Waals surface area (Å²) in [7, 11) is 1.35. The highest BCUT2D eigenvalue weighted by atomic mass is 16.8. The molecule has 9 rings (SSSR count). The van der Waals surface area contributed by atoms with Gasteiger partial charge in [0.1, 0.15) is 140 Å². The molecule has 5 heterocycles. The van der Waals surface area contributed by atoms with Crippen LogP contribution in [0.5, 0.6) is 46.0 Å². The summed E-state index contributed by atoms with van der Waals surface area (Å²) in [5.74, 6) is -7.92. The van der Waals surface area contributed by atoms with Crippen LogP contribution in [0.2, 0.25) is 0 Å². The third-order valence-electron chi connectivity index (χ3n) is 15.3. The summed E-state index contributed by atoms with van der Waals surface area (Å²) < 4.78 is 73.7. The number of carbonyl (C=O) groups excluding carboxylic acids is 3. The van der Waals surface area contributed by atoms with Crippen molar-refractivity contribution >= 4 is 47.0 Å². The number of fused-ring (bicyclic) bond motifs is 1. The van der Waals surface area contributed by atoms with Crippen molar-refractivity contribution in [2.24, 2.45) is 0 Å². The molecule has 0 aliphatic carbocycles. The van der Waals surface area contributed by atoms with Crippen LogP contribution < -0.4 is 18.9 Å². The summed E-state index contributed by atoms with van der Waals surface area (Å²) in [4.78, 5) is 48.9. The molecule has 17 N–H and O–H groups in total. The number of benzene rings is 4. The van der Waals surface area contributed by atoms with E-state index in [4.69, 9.17) is 66.4 Å². The fourth-order valence-corrected chi connectivity index (χ4v) is 10.1. The zero-order valence-corrected chi connectivity index (χ0v) is 49.4. The fraction of sp³-hybridized carbons (Fsp3) is 0.426. The summed E-state index contributed by atoms with van der Waals surface area (Å²) in [6.07, 6.45) is -34.4. The minimum absolute atomic E-state index is 0.0525. The van der Waals surface area contributed by atoms with E-state index in [-0.39, 0.29) is 33.8 Å². The molecule has 4 aliphatic heterocycles. The van der Waals surface area contributed by atoms with Crippen molar-refractivity contribution in [2.45, 2.75) is 129 Å². The second-order valence-corrected chi connectivity index (χ2v) is 21.9. The van der Waals surface area contributed by atoms with Gasteiger partial charge in [0.2, 0.25) is 24.6 Å². The van der Waals surface area contributed by atoms with Crippen LogP contribution in [0, 0.1) is 0 Å². The van der Waals surface area contributed by atoms with Crippen molar-refractivity contribution in [3.63, 3.8) is 0 Å². The highest BCUT2D eigenvalue weighted by Gasteiger charge is 2.53. The maximum atomic E-state index is 13.3. The van der Waals surface area contributed by atoms with Crippen LogP contribution in [-0.4, -0.2) is 267 Å². The number of phenolic OH excluding ortho intramolecular Hbond substituents is 4. The smallest absolute Gasteiger partial charge is 0.402 e. The van der Waals surface area contributed by atoms with Crippen LogP contribution in [0.15, 0.2) is 95.4 Å². The number of hydrogen-bond acceptors (Lipinski definition) is 32. The average Bonchev–Trinajstić information content (AvgIpc) is 0.792. The fourth-order valence-electron chi connectivity index (χ4n) is 10.1. The topological polar surface area (TPSA) is 534 Å². The van der Waals surface area contributed by atoms with E-state index in [2.05, 4.69) is 0 Å². The Kier molecular flexibility index (Phi) is 22.9. The second kappa shape index (κ2) is 30.8. The summed E-state index contributed by atoms with van der Waals surface area (Å²) in [5, 5.41) is 181. The van der Waals surface area contributed by atoms with Crippen molar-refractivity contribution < 1.29 is 167 Å². The van der Waals surface area contributed by atoms with E-state index in [0.29, 0.717) is 11.1 Å². The summed E-state index contributed by atoms with van der Waals surface area (Å²) >= 11 is 0. The van der Waals surface area contributed by atoms with E-state index in [1.54, 1.807) is 0 Å². The van der Waals surface area contributed by atoms with Gasteiger partial charge in [0.05, 0.1) is 25.3 Å². The number of carboxylic acids is 1. The summed E-state index contributed by atoms with van der Waals surface area (Å²) in [6, 6.07) is 16.3. The third kappa shape index (κ3) is 16.7. The Morgan fingerprint density at radius 1 is 0.495 bits per heavy atom. The normalized spacial score (nSPS) is 31.0. The Morgan fingerprint density at radius 3 is 1.60 bits per heavy atom. The van der Waals surface area contributed by atoms with Crippen molar-refractivity contribution in [2.75, 3.05) is 33.5 Å². The minimum atomic E-state index is -2.20. The molecule has 514 valence electrons. The molecule has 0 saturated carbocycles. The van der Waals surface area contributed by atoms with Gasteiger partial charge in [0.15, 0.2) is 35.4 Å². The molecule has 34 heteroatoms. The van der Waals surface area contributed by atoms with Gasteiger partial charge in [0.25, 0.3) is 0 Å². The van der Waals surface area contributed by atoms with Crippen molar-refractivity contribution in [3.05, 3.63) is 102 Å². The van der Waals surface area contributed by atoms with Crippen LogP contribution in [-0.2, 0) is 57.1 Å². The number of rotatable bonds is 23. The van der Waals surface area contributed by atoms with Crippen molar-refractivity contribution in [1.82, 2.24) is 0 Å². The Bertz CT molecular complexity index is 3560. The van der Waals surface area contributed by atoms with E-state index < -0.39 is 214 Å². The molecule has 1 aromatic heterocycles. The van der Waals surface area contributed by atoms with E-state index >= 15 is 0 Å². The van der Waals surface area contributed by atoms with Gasteiger partial charge in [-0.2, -0.15) is 0 Å². The Balaban J connectivity index is 0.927. The molecule has 0 amide bonds. The SMILES string of the molecule is COc1cc(C=CC(=O)OC[C@H]2O[C@@H](Oc3ccc(/C=C/C(=O)OC[C@H]4O[C@@H](Oc5cc6c(O[C@@H]7O[C@H](COC(=O)CC(=O)O)[C@@H](O)[C@H](O)[C@H]7O)cc(O)cc6[o+]c5-c5ccc(O)c(O)c5)[C@H](O[C@@H]5O[C@H](CO)[C@@H](O)[C@H](O)[C@H]5O)[C@@H](O)[C@@H]4O)cc3)[C@H](O)[C@@H](O)[C@@H]2O)ccc1O. The monoisotopic (exact) mass is 1340 g/mol. The van der Waals surface area contributed by atoms with Gasteiger partial charge < -0.3 is 144 Å². The first kappa shape index (κ1) is 70.7. The van der Waals surface area contributed by atoms with Gasteiger partial charge in [-0.05, 0) is 59.7 Å². The number of phenols is 4. The average molecular weight is 1340 g/mol. The number of ether oxygens (including phenoxy) is 12. The zero-order chi connectivity index (χ0) is 68.7. The number of aliphatic carboxylic acids is 1. The molecule has 4 saturated heterocycles. The molecule has 0 spiro atoms. The van der Waals surface area contributed by atoms with Gasteiger partial charge in [0, 0.05) is 30.4 Å². The van der Waals surface area contributed by atoms with E-state index in [1.807, 2.05) is 0 Å². The van der Waals surface area contributed by atoms with Gasteiger partial charge in [-0.1, -0.05) is 18.2 Å². The largest absolute Gasteiger partial charge is 0.507 e. The lowest BCUT2D eigenvalue weighted by Gasteiger charge is -2.45. The Morgan fingerprint density at radius 2 is 1.01 bits per heavy atom. The number of hydrogen-bond donors (Lipinski definition) is 17. The molecule has 0 unspecified atom stereocenters. The molecule has 5 aromatic rings. The lowest BCUT2D eigenvalue weighted by molar-refractivity contribution is -0.357. The molecular weight excluding hydrogens is 1280 g/mol. The zero-order valence-electron chi connectivity index (χ0n) is 49.4. The van der Waals surface area contributed by atoms with Crippen LogP contribution in [0.3, 0.4) is 0 Å². The number of aromatic hydroxyl groups is 4. The highest BCUT2D eigenvalue weighted by molar-refractivity contribution is 5.91. The van der Waals surface area contributed by atoms with E-state index in [0.717, 1.165) is 42.5 Å². The van der Waals surface area contributed by atoms with Crippen LogP contribution in [0.1, 0.15) is 17.5 Å². The molecule has 34 nitrogen and oxygen atoms in total. The predicted octanol–water partition coefficient (Wildman–Crippen LogP) is -2.87. The molecule has 4 aliphatic rings. The van der Waals surface area contributed by atoms with E-state index in [9.17, 15) is 101 Å². The number of aliphatic hydroxyl groups excluding tert-OH is 12. The third-order valence-corrected chi connectivity index (χ3v) is 15.3. The van der Waals surface area contributed by atoms with Gasteiger partial charge >= 0.3 is 35.2 Å². The highest BCUT2D eigenvalue weighted by Crippen LogP contribution is 2.44. The van der Waals surface area contributed by atoms with Crippen LogP contribution in [0.25, 0.3) is 34.4 Å². The van der Waals surface area contributed by atoms with Gasteiger partial charge in [-0.25, -0.2) is 14.0 Å². The maximum Gasteiger partial charge on any atom is 0.402 e. The first-order valence-corrected chi connectivity index (χ1v) is 28.8. The number of methoxy groups -OCH3 is 1. The van der Waals surface area contributed by atoms with Gasteiger partial charge in [-0.15, -0.1) is 0 Å². The predicted molar refractivity (Wildman–Crippen MR) is 310 cm³/mol. The molecular formula is C61H67O34+. The van der Waals surface area contributed by atoms with Gasteiger partial charge in [-0.3, -0.25) is 9.59 Å². The minimum Gasteiger partial charge on any atom is -0.507 e. The second-order valence-electron chi connectivity index (χ2n) is 21.9. The van der Waals surface area contributed by atoms with Crippen molar-refractivity contribution in [3.8, 4) is 57.3 Å². The molecule has 4 fully saturated rings. The van der Waals surface area contributed by atoms with Crippen molar-refractivity contribution in [1.29, 1.82) is 0 Å². The molecule has 0 radical (unpaired) electrons. The molecule has 4 aromatic carbocycles. The number of aliphatic hydroxyl groups is 12. The molecule has 20 atom stereocenters. The number of esters is 3. The maximum absolute atomic E-state index is 13.3. The lowest BCUT2D eigenvalue weighted by Crippen LogP contribution is -2.65. The van der Waals surface area contributed by atoms with Crippen LogP contribution >= 0.6 is 0 Å². The van der Waals surface area contributed by atoms with Crippen LogP contribution in [0.4, 0.5) is 0 Å². The quantitative estimate of drug-likeness (QED) is 0.00780. The summed E-state index contributed by atoms with van der Waals surface area (Å²) in [6.45, 7) is -3.25. The van der Waals surface area contributed by atoms with E-state index in [1.165, 1.54) is 67.8 Å². The first-order valence-electron chi connectivity index (χ1n) is 28.8. The lowest BCUT2D eigenvalue weighted by atomic mass is 9.97. The standard InChI is InChI=1S/C61H66O34/c1-83-35-14-25(4-10-31(35)65)6-13-43(70)84-21-38-46(73)50(77)53(80)58(92-38)87-28-8-2-24(3-9-28)5-12-42(69)85-22-40-48(75)52(79)57(95-60-55(82)49(76)45(72)37(20-62)91-60)61(94-40)90-36-18-29-33(88-56(36)26-7-11-30(64)32(66)15-26)16-27(63)17-34(29)89-59-54(81)51(78)47(74)39(93-59)23-86-44(71)19-41(67)68/h2-18,37-40,45-55,57-62,72-82H,19-23H2,1H3,(H4-,63,64,65,66,67,68,70)/p+1/b12-5+/t37-,38-,39-,40-,45-,46-,47-,48-,49+,50+,51+,52+,53-,54-,55-,57-,58-,59-,60+,61-/m1/s1. The number of carboxylic acid groups (broad SMARTS) is 1. The molecule has 95 heavy (non-hydrogen) atoms. The first-order chi connectivity index (χ1) is 45.2. The summed E-state index contributed by atoms with van der Waals surface area (Å²) in [5.41, 5.74) is 0.425. The Labute approximate surface area is 535 Å². The number of carbonyl (C=O) groups is 4. The molecule has 0 bridgehead atoms.